The van der Waals surface area contributed by atoms with E-state index < -0.39 is 0 Å². The lowest BCUT2D eigenvalue weighted by atomic mass is 9.81. The van der Waals surface area contributed by atoms with Crippen molar-refractivity contribution >= 4 is 0 Å². The van der Waals surface area contributed by atoms with E-state index in [0.29, 0.717) is 0 Å². The van der Waals surface area contributed by atoms with Gasteiger partial charge in [-0.2, -0.15) is 0 Å². The Hall–Kier alpha value is -0.0800. The van der Waals surface area contributed by atoms with Crippen LogP contribution in [0.3, 0.4) is 0 Å². The predicted octanol–water partition coefficient (Wildman–Crippen LogP) is 2.68. The van der Waals surface area contributed by atoms with Crippen molar-refractivity contribution in [3.63, 3.8) is 0 Å². The quantitative estimate of drug-likeness (QED) is 0.685. The van der Waals surface area contributed by atoms with Crippen molar-refractivity contribution in [3.8, 4) is 0 Å². The van der Waals surface area contributed by atoms with Crippen LogP contribution in [0.4, 0.5) is 0 Å². The molecule has 15 heavy (non-hydrogen) atoms. The van der Waals surface area contributed by atoms with Gasteiger partial charge in [0.1, 0.15) is 0 Å². The van der Waals surface area contributed by atoms with E-state index >= 15 is 0 Å². The van der Waals surface area contributed by atoms with Crippen LogP contribution in [-0.2, 0) is 4.74 Å². The number of rotatable bonds is 6. The first kappa shape index (κ1) is 13.0. The second-order valence-corrected chi connectivity index (χ2v) is 5.02. The summed E-state index contributed by atoms with van der Waals surface area (Å²) in [6.45, 7) is 11.2. The van der Waals surface area contributed by atoms with Crippen molar-refractivity contribution < 1.29 is 4.74 Å². The molecule has 3 unspecified atom stereocenters. The van der Waals surface area contributed by atoms with Gasteiger partial charge >= 0.3 is 0 Å². The third-order valence-electron chi connectivity index (χ3n) is 3.73. The molecule has 3 atom stereocenters. The molecule has 0 aromatic carbocycles. The topological polar surface area (TPSA) is 21.3 Å². The summed E-state index contributed by atoms with van der Waals surface area (Å²) in [4.78, 5) is 0. The highest BCUT2D eigenvalue weighted by molar-refractivity contribution is 4.74. The molecule has 1 heterocycles. The van der Waals surface area contributed by atoms with E-state index in [-0.39, 0.29) is 0 Å². The Bertz CT molecular complexity index is 155. The van der Waals surface area contributed by atoms with Gasteiger partial charge in [-0.3, -0.25) is 0 Å². The summed E-state index contributed by atoms with van der Waals surface area (Å²) in [6, 6.07) is 0. The van der Waals surface area contributed by atoms with Gasteiger partial charge in [-0.25, -0.2) is 0 Å². The molecule has 1 saturated heterocycles. The van der Waals surface area contributed by atoms with Gasteiger partial charge in [-0.15, -0.1) is 0 Å². The van der Waals surface area contributed by atoms with Crippen LogP contribution in [0.15, 0.2) is 0 Å². The molecule has 0 bridgehead atoms. The average Bonchev–Trinajstić information content (AvgIpc) is 2.29. The Labute approximate surface area is 94.8 Å². The third-order valence-corrected chi connectivity index (χ3v) is 3.73. The lowest BCUT2D eigenvalue weighted by Crippen LogP contribution is -2.32. The van der Waals surface area contributed by atoms with Gasteiger partial charge < -0.3 is 10.1 Å². The fraction of sp³-hybridized carbons (Fsp3) is 1.00. The maximum Gasteiger partial charge on any atom is 0.0496 e. The van der Waals surface area contributed by atoms with Crippen LogP contribution >= 0.6 is 0 Å². The molecular weight excluding hydrogens is 186 g/mol. The molecule has 1 aliphatic rings. The van der Waals surface area contributed by atoms with Gasteiger partial charge in [-0.05, 0) is 50.1 Å². The van der Waals surface area contributed by atoms with Crippen LogP contribution in [0, 0.1) is 17.8 Å². The molecule has 0 spiro atoms. The zero-order valence-electron chi connectivity index (χ0n) is 10.6. The van der Waals surface area contributed by atoms with Crippen LogP contribution in [0.25, 0.3) is 0 Å². The minimum absolute atomic E-state index is 0.767. The van der Waals surface area contributed by atoms with Crippen LogP contribution in [0.5, 0.6) is 0 Å². The molecule has 90 valence electrons. The summed E-state index contributed by atoms with van der Waals surface area (Å²) in [5.41, 5.74) is 0. The second-order valence-electron chi connectivity index (χ2n) is 5.02. The first-order chi connectivity index (χ1) is 7.25. The van der Waals surface area contributed by atoms with E-state index in [1.165, 1.54) is 19.3 Å². The smallest absolute Gasteiger partial charge is 0.0496 e. The number of hydrogen-bond donors (Lipinski definition) is 1. The molecule has 0 radical (unpaired) electrons. The first-order valence-electron chi connectivity index (χ1n) is 6.54. The Balaban J connectivity index is 2.21. The standard InChI is InChI=1S/C13H27NO/c1-4-7-14-9-11(2)12(3)13-6-5-8-15-10-13/h11-14H,4-10H2,1-3H3. The van der Waals surface area contributed by atoms with Gasteiger partial charge in [0.15, 0.2) is 0 Å². The summed E-state index contributed by atoms with van der Waals surface area (Å²) < 4.78 is 5.56. The van der Waals surface area contributed by atoms with Crippen LogP contribution in [0.1, 0.15) is 40.0 Å². The largest absolute Gasteiger partial charge is 0.381 e. The summed E-state index contributed by atoms with van der Waals surface area (Å²) in [6.07, 6.45) is 3.84. The molecular formula is C13H27NO. The van der Waals surface area contributed by atoms with Crippen molar-refractivity contribution in [3.05, 3.63) is 0 Å². The average molecular weight is 213 g/mol. The van der Waals surface area contributed by atoms with Gasteiger partial charge in [0, 0.05) is 13.2 Å². The Morgan fingerprint density at radius 1 is 1.40 bits per heavy atom. The monoisotopic (exact) mass is 213 g/mol. The number of nitrogens with one attached hydrogen (secondary N) is 1. The number of hydrogen-bond acceptors (Lipinski definition) is 2. The fourth-order valence-electron chi connectivity index (χ4n) is 2.34. The van der Waals surface area contributed by atoms with E-state index in [2.05, 4.69) is 26.1 Å². The minimum Gasteiger partial charge on any atom is -0.381 e. The van der Waals surface area contributed by atoms with Gasteiger partial charge in [-0.1, -0.05) is 20.8 Å². The predicted molar refractivity (Wildman–Crippen MR) is 65.0 cm³/mol. The van der Waals surface area contributed by atoms with Gasteiger partial charge in [0.25, 0.3) is 0 Å². The van der Waals surface area contributed by atoms with E-state index in [1.807, 2.05) is 0 Å². The van der Waals surface area contributed by atoms with E-state index in [4.69, 9.17) is 4.74 Å². The van der Waals surface area contributed by atoms with E-state index in [9.17, 15) is 0 Å². The molecule has 0 saturated carbocycles. The lowest BCUT2D eigenvalue weighted by molar-refractivity contribution is 0.0230. The molecule has 0 aromatic rings. The highest BCUT2D eigenvalue weighted by atomic mass is 16.5. The van der Waals surface area contributed by atoms with Crippen LogP contribution in [-0.4, -0.2) is 26.3 Å². The Morgan fingerprint density at radius 2 is 2.20 bits per heavy atom. The van der Waals surface area contributed by atoms with Crippen molar-refractivity contribution in [2.24, 2.45) is 17.8 Å². The minimum atomic E-state index is 0.767. The molecule has 1 aliphatic heterocycles. The maximum atomic E-state index is 5.56. The molecule has 0 amide bonds. The normalized spacial score (nSPS) is 26.2. The zero-order valence-corrected chi connectivity index (χ0v) is 10.6. The number of ether oxygens (including phenoxy) is 1. The highest BCUT2D eigenvalue weighted by Gasteiger charge is 2.24. The van der Waals surface area contributed by atoms with Gasteiger partial charge in [0.2, 0.25) is 0 Å². The van der Waals surface area contributed by atoms with E-state index in [0.717, 1.165) is 44.1 Å². The molecule has 1 rings (SSSR count). The van der Waals surface area contributed by atoms with Gasteiger partial charge in [0.05, 0.1) is 0 Å². The molecule has 0 aromatic heterocycles. The fourth-order valence-corrected chi connectivity index (χ4v) is 2.34. The molecule has 0 aliphatic carbocycles. The Morgan fingerprint density at radius 3 is 2.80 bits per heavy atom. The molecule has 1 fully saturated rings. The summed E-state index contributed by atoms with van der Waals surface area (Å²) in [7, 11) is 0. The van der Waals surface area contributed by atoms with Crippen molar-refractivity contribution in [2.45, 2.75) is 40.0 Å². The Kier molecular flexibility index (Phi) is 6.26. The maximum absolute atomic E-state index is 5.56. The van der Waals surface area contributed by atoms with Crippen LogP contribution < -0.4 is 5.32 Å². The molecule has 2 heteroatoms. The van der Waals surface area contributed by atoms with Crippen molar-refractivity contribution in [2.75, 3.05) is 26.3 Å². The SMILES string of the molecule is CCCNCC(C)C(C)C1CCCOC1. The summed E-state index contributed by atoms with van der Waals surface area (Å²) in [5, 5.41) is 3.51. The highest BCUT2D eigenvalue weighted by Crippen LogP contribution is 2.27. The third kappa shape index (κ3) is 4.52. The van der Waals surface area contributed by atoms with Crippen LogP contribution in [0.2, 0.25) is 0 Å². The zero-order chi connectivity index (χ0) is 11.1. The molecule has 1 N–H and O–H groups in total. The van der Waals surface area contributed by atoms with E-state index in [1.54, 1.807) is 0 Å². The lowest BCUT2D eigenvalue weighted by Gasteiger charge is -2.31. The van der Waals surface area contributed by atoms with Crippen molar-refractivity contribution in [1.82, 2.24) is 5.32 Å². The van der Waals surface area contributed by atoms with Crippen molar-refractivity contribution in [1.29, 1.82) is 0 Å². The summed E-state index contributed by atoms with van der Waals surface area (Å²) >= 11 is 0. The second kappa shape index (κ2) is 7.24. The summed E-state index contributed by atoms with van der Waals surface area (Å²) in [5.74, 6) is 2.34. The molecule has 2 nitrogen and oxygen atoms in total. The first-order valence-corrected chi connectivity index (χ1v) is 6.54.